The Morgan fingerprint density at radius 2 is 1.85 bits per heavy atom. The van der Waals surface area contributed by atoms with Crippen LogP contribution in [0.1, 0.15) is 25.3 Å². The van der Waals surface area contributed by atoms with Gasteiger partial charge in [0.15, 0.2) is 0 Å². The largest absolute Gasteiger partial charge is 0.489 e. The summed E-state index contributed by atoms with van der Waals surface area (Å²) < 4.78 is 22.6. The first kappa shape index (κ1) is 21.7. The molecule has 1 saturated heterocycles. The number of fused-ring (bicyclic) bond motifs is 1. The summed E-state index contributed by atoms with van der Waals surface area (Å²) in [6, 6.07) is 9.25. The Morgan fingerprint density at radius 1 is 1.06 bits per heavy atom. The number of pyridine rings is 1. The fraction of sp³-hybridized carbons (Fsp3) is 0.320. The van der Waals surface area contributed by atoms with Crippen LogP contribution in [-0.2, 0) is 6.42 Å². The van der Waals surface area contributed by atoms with Gasteiger partial charge in [-0.05, 0) is 48.6 Å². The molecule has 3 aromatic heterocycles. The van der Waals surface area contributed by atoms with Crippen LogP contribution in [0, 0.1) is 5.82 Å². The van der Waals surface area contributed by atoms with E-state index in [1.54, 1.807) is 16.8 Å². The van der Waals surface area contributed by atoms with E-state index in [9.17, 15) is 4.39 Å². The Balaban J connectivity index is 1.23. The number of anilines is 1. The van der Waals surface area contributed by atoms with Crippen LogP contribution in [-0.4, -0.2) is 45.0 Å². The van der Waals surface area contributed by atoms with E-state index in [-0.39, 0.29) is 11.9 Å². The predicted molar refractivity (Wildman–Crippen MR) is 130 cm³/mol. The normalized spacial score (nSPS) is 14.7. The lowest BCUT2D eigenvalue weighted by atomic mass is 10.1. The Bertz CT molecular complexity index is 1230. The molecule has 0 amide bonds. The molecule has 1 fully saturated rings. The number of aromatic nitrogens is 4. The van der Waals surface area contributed by atoms with Gasteiger partial charge in [-0.1, -0.05) is 6.92 Å². The number of hydrogen-bond donors (Lipinski definition) is 0. The van der Waals surface area contributed by atoms with Crippen molar-refractivity contribution in [2.75, 3.05) is 24.2 Å². The van der Waals surface area contributed by atoms with Gasteiger partial charge in [0.1, 0.15) is 23.5 Å². The third-order valence-corrected chi connectivity index (χ3v) is 6.75. The van der Waals surface area contributed by atoms with Crippen LogP contribution < -0.4 is 9.64 Å². The third kappa shape index (κ3) is 4.53. The van der Waals surface area contributed by atoms with Crippen LogP contribution in [0.4, 0.5) is 10.3 Å². The molecule has 8 heteroatoms. The van der Waals surface area contributed by atoms with Crippen molar-refractivity contribution in [1.82, 2.24) is 19.5 Å². The number of ether oxygens (including phenoxy) is 1. The van der Waals surface area contributed by atoms with Crippen molar-refractivity contribution in [3.63, 3.8) is 0 Å². The highest BCUT2D eigenvalue weighted by molar-refractivity contribution is 7.98. The average Bonchev–Trinajstić information content (AvgIpc) is 3.30. The van der Waals surface area contributed by atoms with E-state index in [1.807, 2.05) is 49.1 Å². The van der Waals surface area contributed by atoms with Gasteiger partial charge in [0.2, 0.25) is 5.95 Å². The summed E-state index contributed by atoms with van der Waals surface area (Å²) in [5.74, 6) is 1.93. The van der Waals surface area contributed by atoms with Gasteiger partial charge < -0.3 is 9.64 Å². The summed E-state index contributed by atoms with van der Waals surface area (Å²) in [7, 11) is 0. The van der Waals surface area contributed by atoms with Crippen molar-refractivity contribution in [1.29, 1.82) is 0 Å². The smallest absolute Gasteiger partial charge is 0.225 e. The molecule has 1 aromatic carbocycles. The summed E-state index contributed by atoms with van der Waals surface area (Å²) >= 11 is 1.53. The number of aryl methyl sites for hydroxylation is 1. The molecule has 6 nitrogen and oxygen atoms in total. The number of hydrogen-bond acceptors (Lipinski definition) is 6. The second-order valence-corrected chi connectivity index (χ2v) is 9.01. The summed E-state index contributed by atoms with van der Waals surface area (Å²) in [6.07, 6.45) is 12.2. The summed E-state index contributed by atoms with van der Waals surface area (Å²) in [5, 5.41) is 0.863. The minimum absolute atomic E-state index is 0.124. The van der Waals surface area contributed by atoms with E-state index in [0.717, 1.165) is 59.9 Å². The van der Waals surface area contributed by atoms with Crippen molar-refractivity contribution in [2.24, 2.45) is 0 Å². The summed E-state index contributed by atoms with van der Waals surface area (Å²) in [5.41, 5.74) is 1.68. The van der Waals surface area contributed by atoms with E-state index in [0.29, 0.717) is 11.3 Å². The van der Waals surface area contributed by atoms with Crippen molar-refractivity contribution in [2.45, 2.75) is 37.2 Å². The molecule has 5 rings (SSSR count). The number of rotatable bonds is 6. The van der Waals surface area contributed by atoms with Crippen molar-refractivity contribution >= 4 is 28.6 Å². The molecule has 1 aliphatic heterocycles. The Kier molecular flexibility index (Phi) is 6.17. The summed E-state index contributed by atoms with van der Waals surface area (Å²) in [6.45, 7) is 3.81. The molecule has 0 aliphatic carbocycles. The minimum atomic E-state index is -0.246. The molecule has 1 aliphatic rings. The van der Waals surface area contributed by atoms with Gasteiger partial charge in [-0.3, -0.25) is 4.57 Å². The lowest BCUT2D eigenvalue weighted by Crippen LogP contribution is -2.39. The lowest BCUT2D eigenvalue weighted by molar-refractivity contribution is 0.170. The minimum Gasteiger partial charge on any atom is -0.489 e. The zero-order valence-electron chi connectivity index (χ0n) is 18.7. The van der Waals surface area contributed by atoms with E-state index in [2.05, 4.69) is 26.8 Å². The highest BCUT2D eigenvalue weighted by Gasteiger charge is 2.22. The van der Waals surface area contributed by atoms with Gasteiger partial charge in [-0.15, -0.1) is 11.8 Å². The highest BCUT2D eigenvalue weighted by Crippen LogP contribution is 2.28. The fourth-order valence-electron chi connectivity index (χ4n) is 4.16. The van der Waals surface area contributed by atoms with Gasteiger partial charge in [0.05, 0.1) is 11.7 Å². The zero-order valence-corrected chi connectivity index (χ0v) is 19.6. The zero-order chi connectivity index (χ0) is 22.8. The van der Waals surface area contributed by atoms with Crippen LogP contribution in [0.2, 0.25) is 0 Å². The Labute approximate surface area is 196 Å². The molecule has 0 spiro atoms. The number of piperidine rings is 1. The van der Waals surface area contributed by atoms with Crippen molar-refractivity contribution < 1.29 is 9.13 Å². The number of halogens is 1. The number of nitrogens with zero attached hydrogens (tertiary/aromatic N) is 5. The van der Waals surface area contributed by atoms with Crippen molar-refractivity contribution in [3.05, 3.63) is 66.5 Å². The molecule has 4 aromatic rings. The second kappa shape index (κ2) is 9.39. The molecule has 0 saturated carbocycles. The lowest BCUT2D eigenvalue weighted by Gasteiger charge is -2.32. The van der Waals surface area contributed by atoms with Gasteiger partial charge in [0, 0.05) is 54.8 Å². The molecule has 0 radical (unpaired) electrons. The first-order valence-corrected chi connectivity index (χ1v) is 12.4. The first-order valence-electron chi connectivity index (χ1n) is 11.2. The second-order valence-electron chi connectivity index (χ2n) is 8.13. The molecular formula is C25H26FN5OS. The molecule has 0 N–H and O–H groups in total. The van der Waals surface area contributed by atoms with Crippen LogP contribution in [0.3, 0.4) is 0 Å². The number of thioether (sulfide) groups is 1. The van der Waals surface area contributed by atoms with E-state index >= 15 is 0 Å². The predicted octanol–water partition coefficient (Wildman–Crippen LogP) is 5.29. The summed E-state index contributed by atoms with van der Waals surface area (Å²) in [4.78, 5) is 16.6. The first-order chi connectivity index (χ1) is 16.1. The monoisotopic (exact) mass is 463 g/mol. The Morgan fingerprint density at radius 3 is 2.52 bits per heavy atom. The van der Waals surface area contributed by atoms with Crippen LogP contribution in [0.5, 0.6) is 5.75 Å². The topological polar surface area (TPSA) is 56.1 Å². The maximum atomic E-state index is 14.7. The van der Waals surface area contributed by atoms with Crippen molar-refractivity contribution in [3.8, 4) is 11.6 Å². The maximum Gasteiger partial charge on any atom is 0.225 e. The molecule has 0 unspecified atom stereocenters. The number of benzene rings is 1. The van der Waals surface area contributed by atoms with Gasteiger partial charge in [0.25, 0.3) is 0 Å². The standard InChI is InChI=1S/C25H26FN5OS/c1-3-17-14-28-25(29-15-17)30-9-7-19(8-10-30)32-20-4-5-23(27-16-20)31-11-6-18-12-21(33-2)13-22(26)24(18)31/h4-6,11-16,19H,3,7-10H2,1-2H3. The molecular weight excluding hydrogens is 437 g/mol. The molecule has 0 atom stereocenters. The fourth-order valence-corrected chi connectivity index (χ4v) is 4.62. The van der Waals surface area contributed by atoms with E-state index in [4.69, 9.17) is 4.74 Å². The van der Waals surface area contributed by atoms with Crippen LogP contribution in [0.25, 0.3) is 16.7 Å². The van der Waals surface area contributed by atoms with Crippen LogP contribution in [0.15, 0.2) is 60.0 Å². The molecule has 170 valence electrons. The molecule has 4 heterocycles. The maximum absolute atomic E-state index is 14.7. The van der Waals surface area contributed by atoms with Crippen LogP contribution >= 0.6 is 11.8 Å². The SMILES string of the molecule is CCc1cnc(N2CCC(Oc3ccc(-n4ccc5cc(SC)cc(F)c54)nc3)CC2)nc1. The van der Waals surface area contributed by atoms with Gasteiger partial charge >= 0.3 is 0 Å². The highest BCUT2D eigenvalue weighted by atomic mass is 32.2. The average molecular weight is 464 g/mol. The van der Waals surface area contributed by atoms with E-state index < -0.39 is 0 Å². The van der Waals surface area contributed by atoms with Gasteiger partial charge in [-0.25, -0.2) is 19.3 Å². The Hall–Kier alpha value is -3.13. The molecule has 33 heavy (non-hydrogen) atoms. The third-order valence-electron chi connectivity index (χ3n) is 6.04. The van der Waals surface area contributed by atoms with Gasteiger partial charge in [-0.2, -0.15) is 0 Å². The molecule has 0 bridgehead atoms. The van der Waals surface area contributed by atoms with E-state index in [1.165, 1.54) is 11.8 Å². The quantitative estimate of drug-likeness (QED) is 0.362.